The molecule has 0 atom stereocenters. The second-order valence-corrected chi connectivity index (χ2v) is 9.75. The van der Waals surface area contributed by atoms with Crippen LogP contribution in [0.15, 0.2) is 65.4 Å². The van der Waals surface area contributed by atoms with Gasteiger partial charge in [-0.15, -0.1) is 0 Å². The lowest BCUT2D eigenvalue weighted by Crippen LogP contribution is -2.40. The predicted molar refractivity (Wildman–Crippen MR) is 140 cm³/mol. The van der Waals surface area contributed by atoms with Crippen LogP contribution in [0.2, 0.25) is 0 Å². The quantitative estimate of drug-likeness (QED) is 0.361. The fourth-order valence-corrected chi connectivity index (χ4v) is 4.70. The first kappa shape index (κ1) is 24.3. The lowest BCUT2D eigenvalue weighted by atomic mass is 10.0. The third-order valence-corrected chi connectivity index (χ3v) is 6.85. The second-order valence-electron chi connectivity index (χ2n) is 9.75. The van der Waals surface area contributed by atoms with E-state index in [9.17, 15) is 4.79 Å². The van der Waals surface area contributed by atoms with E-state index >= 15 is 0 Å². The summed E-state index contributed by atoms with van der Waals surface area (Å²) in [5.41, 5.74) is 5.39. The van der Waals surface area contributed by atoms with Crippen LogP contribution in [0.5, 0.6) is 0 Å². The van der Waals surface area contributed by atoms with Crippen molar-refractivity contribution in [3.63, 3.8) is 0 Å². The molecule has 0 radical (unpaired) electrons. The highest BCUT2D eigenvalue weighted by Crippen LogP contribution is 2.21. The molecule has 3 heterocycles. The zero-order chi connectivity index (χ0) is 24.9. The third-order valence-electron chi connectivity index (χ3n) is 6.85. The van der Waals surface area contributed by atoms with Gasteiger partial charge in [0.2, 0.25) is 5.89 Å². The summed E-state index contributed by atoms with van der Waals surface area (Å²) >= 11 is 0. The third kappa shape index (κ3) is 5.69. The smallest absolute Gasteiger partial charge is 0.275 e. The van der Waals surface area contributed by atoms with E-state index in [0.29, 0.717) is 50.4 Å². The van der Waals surface area contributed by atoms with Gasteiger partial charge >= 0.3 is 0 Å². The van der Waals surface area contributed by atoms with E-state index in [1.807, 2.05) is 6.07 Å². The summed E-state index contributed by atoms with van der Waals surface area (Å²) in [6.45, 7) is 8.86. The van der Waals surface area contributed by atoms with Crippen molar-refractivity contribution in [1.29, 1.82) is 0 Å². The van der Waals surface area contributed by atoms with E-state index in [1.165, 1.54) is 28.3 Å². The number of amides is 1. The van der Waals surface area contributed by atoms with Crippen LogP contribution < -0.4 is 0 Å². The van der Waals surface area contributed by atoms with Gasteiger partial charge in [0.05, 0.1) is 19.8 Å². The predicted octanol–water partition coefficient (Wildman–Crippen LogP) is 5.00. The molecular weight excluding hydrogens is 452 g/mol. The van der Waals surface area contributed by atoms with E-state index in [4.69, 9.17) is 9.15 Å². The van der Waals surface area contributed by atoms with Crippen molar-refractivity contribution in [2.75, 3.05) is 32.8 Å². The second kappa shape index (κ2) is 11.1. The van der Waals surface area contributed by atoms with E-state index in [0.717, 1.165) is 25.0 Å². The zero-order valence-corrected chi connectivity index (χ0v) is 21.1. The number of H-pyrrole nitrogens is 1. The fraction of sp³-hybridized carbons (Fsp3) is 0.379. The number of ether oxygens (including phenoxy) is 1. The standard InChI is InChI=1S/C29H34N4O3/c1-21(2)23-9-7-22(8-10-23)18-32(12-11-24-17-30-26-6-4-3-5-25(24)26)19-28-31-27(20-36-28)29(34)33-13-15-35-16-14-33/h3-10,17,20-21,30H,11-16,18-19H2,1-2H3. The molecule has 0 saturated carbocycles. The van der Waals surface area contributed by atoms with E-state index in [2.05, 4.69) is 77.4 Å². The molecule has 2 aromatic carbocycles. The molecule has 0 spiro atoms. The number of aromatic amines is 1. The molecule has 1 saturated heterocycles. The highest BCUT2D eigenvalue weighted by Gasteiger charge is 2.22. The van der Waals surface area contributed by atoms with Gasteiger partial charge in [-0.25, -0.2) is 4.98 Å². The first-order valence-corrected chi connectivity index (χ1v) is 12.7. The molecular formula is C29H34N4O3. The lowest BCUT2D eigenvalue weighted by molar-refractivity contribution is 0.0299. The maximum atomic E-state index is 12.8. The summed E-state index contributed by atoms with van der Waals surface area (Å²) in [5.74, 6) is 0.971. The number of hydrogen-bond acceptors (Lipinski definition) is 5. The number of nitrogens with zero attached hydrogens (tertiary/aromatic N) is 3. The van der Waals surface area contributed by atoms with Crippen LogP contribution in [0.1, 0.15) is 52.8 Å². The Bertz CT molecular complexity index is 1290. The van der Waals surface area contributed by atoms with Crippen molar-refractivity contribution in [2.24, 2.45) is 0 Å². The molecule has 0 bridgehead atoms. The number of benzene rings is 2. The average molecular weight is 487 g/mol. The van der Waals surface area contributed by atoms with Crippen LogP contribution in [0.3, 0.4) is 0 Å². The van der Waals surface area contributed by atoms with E-state index in [-0.39, 0.29) is 5.91 Å². The van der Waals surface area contributed by atoms with E-state index in [1.54, 1.807) is 4.90 Å². The molecule has 0 unspecified atom stereocenters. The van der Waals surface area contributed by atoms with Crippen LogP contribution in [-0.4, -0.2) is 58.5 Å². The Labute approximate surface area is 212 Å². The van der Waals surface area contributed by atoms with Crippen LogP contribution in [0.25, 0.3) is 10.9 Å². The minimum atomic E-state index is -0.0945. The normalized spacial score (nSPS) is 14.3. The van der Waals surface area contributed by atoms with Crippen molar-refractivity contribution in [3.05, 3.63) is 89.3 Å². The molecule has 188 valence electrons. The zero-order valence-electron chi connectivity index (χ0n) is 21.1. The van der Waals surface area contributed by atoms with Gasteiger partial charge in [0.1, 0.15) is 6.26 Å². The molecule has 36 heavy (non-hydrogen) atoms. The molecule has 2 aromatic heterocycles. The minimum Gasteiger partial charge on any atom is -0.447 e. The molecule has 7 nitrogen and oxygen atoms in total. The number of hydrogen-bond donors (Lipinski definition) is 1. The van der Waals surface area contributed by atoms with Crippen LogP contribution in [0.4, 0.5) is 0 Å². The number of nitrogens with one attached hydrogen (secondary N) is 1. The summed E-state index contributed by atoms with van der Waals surface area (Å²) in [5, 5.41) is 1.26. The largest absolute Gasteiger partial charge is 0.447 e. The maximum Gasteiger partial charge on any atom is 0.275 e. The molecule has 7 heteroatoms. The Hall–Kier alpha value is -3.42. The summed E-state index contributed by atoms with van der Waals surface area (Å²) < 4.78 is 11.1. The van der Waals surface area contributed by atoms with Crippen molar-refractivity contribution >= 4 is 16.8 Å². The molecule has 0 aliphatic carbocycles. The topological polar surface area (TPSA) is 74.6 Å². The van der Waals surface area contributed by atoms with E-state index < -0.39 is 0 Å². The molecule has 4 aromatic rings. The first-order valence-electron chi connectivity index (χ1n) is 12.7. The number of carbonyl (C=O) groups excluding carboxylic acids is 1. The van der Waals surface area contributed by atoms with Crippen LogP contribution >= 0.6 is 0 Å². The Kier molecular flexibility index (Phi) is 7.49. The summed E-state index contributed by atoms with van der Waals surface area (Å²) in [7, 11) is 0. The highest BCUT2D eigenvalue weighted by molar-refractivity contribution is 5.92. The molecule has 1 fully saturated rings. The van der Waals surface area contributed by atoms with Gasteiger partial charge in [-0.2, -0.15) is 0 Å². The number of morpholine rings is 1. The van der Waals surface area contributed by atoms with Gasteiger partial charge in [0.25, 0.3) is 5.91 Å². The number of oxazole rings is 1. The van der Waals surface area contributed by atoms with Gasteiger partial charge < -0.3 is 19.0 Å². The lowest BCUT2D eigenvalue weighted by Gasteiger charge is -2.25. The van der Waals surface area contributed by atoms with Crippen LogP contribution in [0, 0.1) is 0 Å². The molecule has 1 amide bonds. The van der Waals surface area contributed by atoms with Crippen molar-refractivity contribution in [1.82, 2.24) is 19.8 Å². The highest BCUT2D eigenvalue weighted by atomic mass is 16.5. The Morgan fingerprint density at radius 3 is 2.64 bits per heavy atom. The minimum absolute atomic E-state index is 0.0945. The van der Waals surface area contributed by atoms with Gasteiger partial charge in [-0.1, -0.05) is 56.3 Å². The molecule has 1 aliphatic rings. The SMILES string of the molecule is CC(C)c1ccc(CN(CCc2c[nH]c3ccccc23)Cc2nc(C(=O)N3CCOCC3)co2)cc1. The number of rotatable bonds is 9. The first-order chi connectivity index (χ1) is 17.6. The molecule has 5 rings (SSSR count). The fourth-order valence-electron chi connectivity index (χ4n) is 4.70. The van der Waals surface area contributed by atoms with Crippen molar-refractivity contribution in [3.8, 4) is 0 Å². The Balaban J connectivity index is 1.31. The van der Waals surface area contributed by atoms with Crippen LogP contribution in [-0.2, 0) is 24.2 Å². The Morgan fingerprint density at radius 2 is 1.86 bits per heavy atom. The summed E-state index contributed by atoms with van der Waals surface area (Å²) in [6, 6.07) is 17.2. The Morgan fingerprint density at radius 1 is 1.08 bits per heavy atom. The number of fused-ring (bicyclic) bond motifs is 1. The molecule has 1 N–H and O–H groups in total. The van der Waals surface area contributed by atoms with Gasteiger partial charge in [0, 0.05) is 43.3 Å². The average Bonchev–Trinajstić information content (AvgIpc) is 3.55. The number of para-hydroxylation sites is 1. The summed E-state index contributed by atoms with van der Waals surface area (Å²) in [6.07, 6.45) is 4.49. The summed E-state index contributed by atoms with van der Waals surface area (Å²) in [4.78, 5) is 24.8. The van der Waals surface area contributed by atoms with Gasteiger partial charge in [0.15, 0.2) is 5.69 Å². The van der Waals surface area contributed by atoms with Gasteiger partial charge in [-0.05, 0) is 35.1 Å². The van der Waals surface area contributed by atoms with Crippen molar-refractivity contribution < 1.29 is 13.9 Å². The number of aromatic nitrogens is 2. The molecule has 1 aliphatic heterocycles. The number of carbonyl (C=O) groups is 1. The maximum absolute atomic E-state index is 12.8. The monoisotopic (exact) mass is 486 g/mol. The van der Waals surface area contributed by atoms with Gasteiger partial charge in [-0.3, -0.25) is 9.69 Å². The van der Waals surface area contributed by atoms with Crippen molar-refractivity contribution in [2.45, 2.75) is 39.3 Å².